The lowest BCUT2D eigenvalue weighted by Gasteiger charge is -2.13. The van der Waals surface area contributed by atoms with Crippen molar-refractivity contribution in [1.29, 1.82) is 0 Å². The molecule has 1 aromatic carbocycles. The Bertz CT molecular complexity index is 654. The fourth-order valence-corrected chi connectivity index (χ4v) is 4.10. The van der Waals surface area contributed by atoms with Crippen LogP contribution in [-0.2, 0) is 6.42 Å². The van der Waals surface area contributed by atoms with Gasteiger partial charge in [0.05, 0.1) is 5.38 Å². The van der Waals surface area contributed by atoms with E-state index in [1.54, 1.807) is 0 Å². The summed E-state index contributed by atoms with van der Waals surface area (Å²) in [5, 5.41) is 3.97. The highest BCUT2D eigenvalue weighted by molar-refractivity contribution is 6.20. The second-order valence-corrected chi connectivity index (χ2v) is 6.73. The highest BCUT2D eigenvalue weighted by Crippen LogP contribution is 2.64. The quantitative estimate of drug-likeness (QED) is 0.775. The fourth-order valence-electron chi connectivity index (χ4n) is 3.80. The molecule has 4 atom stereocenters. The van der Waals surface area contributed by atoms with Gasteiger partial charge < -0.3 is 4.52 Å². The summed E-state index contributed by atoms with van der Waals surface area (Å²) in [6, 6.07) is 8.76. The zero-order valence-corrected chi connectivity index (χ0v) is 12.9. The molecule has 1 aromatic heterocycles. The van der Waals surface area contributed by atoms with Crippen molar-refractivity contribution in [3.8, 4) is 0 Å². The number of hydrogen-bond acceptors (Lipinski definition) is 3. The number of alkyl halides is 1. The minimum atomic E-state index is -0.124. The molecule has 1 heterocycles. The molecule has 0 aliphatic heterocycles. The molecule has 110 valence electrons. The predicted molar refractivity (Wildman–Crippen MR) is 81.5 cm³/mol. The van der Waals surface area contributed by atoms with E-state index in [1.807, 2.05) is 0 Å². The minimum Gasteiger partial charge on any atom is -0.339 e. The smallest absolute Gasteiger partial charge is 0.230 e. The van der Waals surface area contributed by atoms with E-state index in [1.165, 1.54) is 24.0 Å². The maximum absolute atomic E-state index is 6.29. The van der Waals surface area contributed by atoms with Crippen molar-refractivity contribution in [2.45, 2.75) is 49.8 Å². The number of fused-ring (bicyclic) bond motifs is 3. The van der Waals surface area contributed by atoms with E-state index in [-0.39, 0.29) is 5.38 Å². The topological polar surface area (TPSA) is 38.9 Å². The summed E-state index contributed by atoms with van der Waals surface area (Å²) in [5.74, 6) is 3.10. The van der Waals surface area contributed by atoms with Gasteiger partial charge in [-0.3, -0.25) is 0 Å². The molecule has 2 aromatic rings. The fraction of sp³-hybridized carbons (Fsp3) is 0.529. The highest BCUT2D eigenvalue weighted by atomic mass is 35.5. The number of nitrogens with zero attached hydrogens (tertiary/aromatic N) is 2. The van der Waals surface area contributed by atoms with Crippen LogP contribution in [-0.4, -0.2) is 10.1 Å². The Balaban J connectivity index is 1.57. The number of hydrogen-bond donors (Lipinski definition) is 0. The molecule has 0 saturated heterocycles. The van der Waals surface area contributed by atoms with E-state index in [9.17, 15) is 0 Å². The largest absolute Gasteiger partial charge is 0.339 e. The van der Waals surface area contributed by atoms with Crippen molar-refractivity contribution in [3.05, 3.63) is 47.1 Å². The first-order valence-corrected chi connectivity index (χ1v) is 8.28. The molecule has 4 unspecified atom stereocenters. The summed E-state index contributed by atoms with van der Waals surface area (Å²) in [6.07, 6.45) is 4.31. The minimum absolute atomic E-state index is 0.124. The summed E-state index contributed by atoms with van der Waals surface area (Å²) in [6.45, 7) is 2.11. The van der Waals surface area contributed by atoms with Crippen molar-refractivity contribution in [3.63, 3.8) is 0 Å². The zero-order valence-electron chi connectivity index (χ0n) is 12.1. The Morgan fingerprint density at radius 1 is 1.33 bits per heavy atom. The molecular formula is C17H19ClN2O. The lowest BCUT2D eigenvalue weighted by Crippen LogP contribution is -2.00. The summed E-state index contributed by atoms with van der Waals surface area (Å²) in [7, 11) is 0. The Kier molecular flexibility index (Phi) is 3.26. The molecule has 2 aliphatic carbocycles. The van der Waals surface area contributed by atoms with Crippen molar-refractivity contribution in [2.75, 3.05) is 0 Å². The van der Waals surface area contributed by atoms with Crippen LogP contribution in [0.1, 0.15) is 66.2 Å². The molecule has 21 heavy (non-hydrogen) atoms. The monoisotopic (exact) mass is 302 g/mol. The van der Waals surface area contributed by atoms with Gasteiger partial charge in [-0.15, -0.1) is 11.6 Å². The molecule has 0 spiro atoms. The van der Waals surface area contributed by atoms with Gasteiger partial charge in [0.25, 0.3) is 0 Å². The van der Waals surface area contributed by atoms with Gasteiger partial charge in [-0.05, 0) is 42.2 Å². The molecule has 0 amide bonds. The van der Waals surface area contributed by atoms with Gasteiger partial charge in [0.1, 0.15) is 0 Å². The molecule has 2 aliphatic rings. The molecule has 0 N–H and O–H groups in total. The van der Waals surface area contributed by atoms with E-state index in [4.69, 9.17) is 16.1 Å². The maximum atomic E-state index is 6.29. The molecular weight excluding hydrogens is 284 g/mol. The summed E-state index contributed by atoms with van der Waals surface area (Å²) < 4.78 is 5.52. The molecule has 1 fully saturated rings. The first-order valence-electron chi connectivity index (χ1n) is 7.85. The van der Waals surface area contributed by atoms with E-state index in [0.29, 0.717) is 23.6 Å². The maximum Gasteiger partial charge on any atom is 0.230 e. The van der Waals surface area contributed by atoms with Crippen LogP contribution in [0.25, 0.3) is 0 Å². The number of aryl methyl sites for hydroxylation is 1. The third-order valence-electron chi connectivity index (χ3n) is 4.89. The van der Waals surface area contributed by atoms with Gasteiger partial charge >= 0.3 is 0 Å². The Hall–Kier alpha value is -1.35. The van der Waals surface area contributed by atoms with Crippen LogP contribution in [0.5, 0.6) is 0 Å². The molecule has 0 bridgehead atoms. The van der Waals surface area contributed by atoms with Crippen molar-refractivity contribution in [2.24, 2.45) is 5.92 Å². The molecule has 4 rings (SSSR count). The summed E-state index contributed by atoms with van der Waals surface area (Å²) in [4.78, 5) is 4.58. The summed E-state index contributed by atoms with van der Waals surface area (Å²) in [5.41, 5.74) is 2.97. The van der Waals surface area contributed by atoms with E-state index in [0.717, 1.165) is 18.7 Å². The average molecular weight is 303 g/mol. The van der Waals surface area contributed by atoms with Gasteiger partial charge in [-0.25, -0.2) is 0 Å². The number of aromatic nitrogens is 2. The Morgan fingerprint density at radius 3 is 3.05 bits per heavy atom. The standard InChI is InChI=1S/C17H19ClN2O/c1-2-5-13(18)16-19-17(21-20-16)15-12-9-8-10-6-3-4-7-11(10)14(12)15/h3-4,6-7,12-15H,2,5,8-9H2,1H3. The van der Waals surface area contributed by atoms with Crippen LogP contribution < -0.4 is 0 Å². The van der Waals surface area contributed by atoms with Crippen LogP contribution in [0.15, 0.2) is 28.8 Å². The van der Waals surface area contributed by atoms with Crippen LogP contribution in [0.3, 0.4) is 0 Å². The third-order valence-corrected chi connectivity index (χ3v) is 5.31. The van der Waals surface area contributed by atoms with Crippen molar-refractivity contribution < 1.29 is 4.52 Å². The SMILES string of the molecule is CCCC(Cl)c1noc(C2C3CCc4ccccc4C32)n1. The number of halogens is 1. The van der Waals surface area contributed by atoms with Gasteiger partial charge in [-0.1, -0.05) is 42.8 Å². The second kappa shape index (κ2) is 5.13. The lowest BCUT2D eigenvalue weighted by atomic mass is 9.92. The van der Waals surface area contributed by atoms with Crippen molar-refractivity contribution >= 4 is 11.6 Å². The number of rotatable bonds is 4. The summed E-state index contributed by atoms with van der Waals surface area (Å²) >= 11 is 6.29. The molecule has 1 saturated carbocycles. The lowest BCUT2D eigenvalue weighted by molar-refractivity contribution is 0.368. The van der Waals surface area contributed by atoms with E-state index >= 15 is 0 Å². The van der Waals surface area contributed by atoms with E-state index < -0.39 is 0 Å². The van der Waals surface area contributed by atoms with Crippen LogP contribution >= 0.6 is 11.6 Å². The Labute approximate surface area is 129 Å². The third kappa shape index (κ3) is 2.18. The first kappa shape index (κ1) is 13.3. The van der Waals surface area contributed by atoms with Gasteiger partial charge in [0.15, 0.2) is 5.82 Å². The van der Waals surface area contributed by atoms with Crippen LogP contribution in [0.4, 0.5) is 0 Å². The molecule has 0 radical (unpaired) electrons. The van der Waals surface area contributed by atoms with E-state index in [2.05, 4.69) is 41.3 Å². The van der Waals surface area contributed by atoms with Crippen molar-refractivity contribution in [1.82, 2.24) is 10.1 Å². The van der Waals surface area contributed by atoms with Gasteiger partial charge in [0.2, 0.25) is 5.89 Å². The molecule has 4 heteroatoms. The van der Waals surface area contributed by atoms with Crippen LogP contribution in [0, 0.1) is 5.92 Å². The van der Waals surface area contributed by atoms with Crippen LogP contribution in [0.2, 0.25) is 0 Å². The average Bonchev–Trinajstić information content (AvgIpc) is 3.05. The first-order chi connectivity index (χ1) is 10.3. The van der Waals surface area contributed by atoms with Gasteiger partial charge in [0, 0.05) is 5.92 Å². The predicted octanol–water partition coefficient (Wildman–Crippen LogP) is 4.59. The van der Waals surface area contributed by atoms with Gasteiger partial charge in [-0.2, -0.15) is 4.98 Å². The zero-order chi connectivity index (χ0) is 14.4. The Morgan fingerprint density at radius 2 is 2.19 bits per heavy atom. The molecule has 3 nitrogen and oxygen atoms in total. The second-order valence-electron chi connectivity index (χ2n) is 6.20. The number of benzene rings is 1. The highest BCUT2D eigenvalue weighted by Gasteiger charge is 2.56. The normalized spacial score (nSPS) is 27.8.